The van der Waals surface area contributed by atoms with Gasteiger partial charge in [-0.25, -0.2) is 0 Å². The fourth-order valence-corrected chi connectivity index (χ4v) is 2.47. The lowest BCUT2D eigenvalue weighted by atomic mass is 10.3. The van der Waals surface area contributed by atoms with Crippen molar-refractivity contribution in [3.63, 3.8) is 0 Å². The van der Waals surface area contributed by atoms with Gasteiger partial charge in [-0.2, -0.15) is 0 Å². The Morgan fingerprint density at radius 1 is 1.21 bits per heavy atom. The van der Waals surface area contributed by atoms with E-state index < -0.39 is 0 Å². The van der Waals surface area contributed by atoms with E-state index in [4.69, 9.17) is 32.7 Å². The molecule has 0 bridgehead atoms. The summed E-state index contributed by atoms with van der Waals surface area (Å²) in [6.45, 7) is 9.13. The van der Waals surface area contributed by atoms with Crippen LogP contribution >= 0.6 is 23.2 Å². The van der Waals surface area contributed by atoms with Crippen LogP contribution < -0.4 is 9.47 Å². The van der Waals surface area contributed by atoms with Gasteiger partial charge in [-0.3, -0.25) is 0 Å². The van der Waals surface area contributed by atoms with Crippen LogP contribution in [0.2, 0.25) is 10.0 Å². The molecule has 0 saturated heterocycles. The van der Waals surface area contributed by atoms with Crippen LogP contribution in [0.25, 0.3) is 0 Å². The van der Waals surface area contributed by atoms with Crippen molar-refractivity contribution in [2.75, 3.05) is 26.7 Å². The number of likely N-dealkylation sites (N-methyl/N-ethyl adjacent to an activating group) is 1. The van der Waals surface area contributed by atoms with Crippen LogP contribution in [0.3, 0.4) is 0 Å². The summed E-state index contributed by atoms with van der Waals surface area (Å²) in [5, 5.41) is 0.996. The number of benzene rings is 1. The lowest BCUT2D eigenvalue weighted by molar-refractivity contribution is 0.149. The zero-order valence-corrected chi connectivity index (χ0v) is 13.4. The molecule has 0 aliphatic carbocycles. The number of halogens is 2. The van der Waals surface area contributed by atoms with Gasteiger partial charge in [0.15, 0.2) is 11.5 Å². The van der Waals surface area contributed by atoms with Crippen LogP contribution in [0, 0.1) is 0 Å². The van der Waals surface area contributed by atoms with Gasteiger partial charge in [-0.15, -0.1) is 0 Å². The first kappa shape index (κ1) is 16.4. The first-order valence-electron chi connectivity index (χ1n) is 6.43. The minimum absolute atomic E-state index is 0.0309. The predicted octanol–water partition coefficient (Wildman–Crippen LogP) is 4.11. The number of nitrogens with zero attached hydrogens (tertiary/aromatic N) is 1. The quantitative estimate of drug-likeness (QED) is 0.756. The second-order valence-electron chi connectivity index (χ2n) is 4.33. The summed E-state index contributed by atoms with van der Waals surface area (Å²) in [4.78, 5) is 2.29. The Morgan fingerprint density at radius 3 is 2.37 bits per heavy atom. The molecule has 1 unspecified atom stereocenters. The third kappa shape index (κ3) is 4.75. The van der Waals surface area contributed by atoms with E-state index in [9.17, 15) is 0 Å². The number of ether oxygens (including phenoxy) is 2. The van der Waals surface area contributed by atoms with Crippen molar-refractivity contribution in [3.05, 3.63) is 22.2 Å². The van der Waals surface area contributed by atoms with Crippen LogP contribution in [0.5, 0.6) is 11.5 Å². The molecule has 0 aliphatic heterocycles. The number of methoxy groups -OCH3 is 1. The van der Waals surface area contributed by atoms with Crippen molar-refractivity contribution < 1.29 is 9.47 Å². The Kier molecular flexibility index (Phi) is 6.76. The largest absolute Gasteiger partial charge is 0.491 e. The van der Waals surface area contributed by atoms with Gasteiger partial charge in [0.1, 0.15) is 6.10 Å². The summed E-state index contributed by atoms with van der Waals surface area (Å²) in [5.41, 5.74) is 0. The maximum absolute atomic E-state index is 6.08. The highest BCUT2D eigenvalue weighted by Crippen LogP contribution is 2.38. The van der Waals surface area contributed by atoms with Crippen LogP contribution in [0.4, 0.5) is 0 Å². The molecule has 0 saturated carbocycles. The second kappa shape index (κ2) is 7.83. The molecule has 0 fully saturated rings. The molecule has 0 radical (unpaired) electrons. The van der Waals surface area contributed by atoms with E-state index in [0.717, 1.165) is 19.6 Å². The molecule has 0 heterocycles. The summed E-state index contributed by atoms with van der Waals surface area (Å²) < 4.78 is 11.2. The number of hydrogen-bond donors (Lipinski definition) is 0. The monoisotopic (exact) mass is 305 g/mol. The van der Waals surface area contributed by atoms with Gasteiger partial charge in [0.25, 0.3) is 0 Å². The van der Waals surface area contributed by atoms with Gasteiger partial charge in [-0.1, -0.05) is 37.0 Å². The van der Waals surface area contributed by atoms with E-state index in [1.807, 2.05) is 6.92 Å². The Morgan fingerprint density at radius 2 is 1.84 bits per heavy atom. The van der Waals surface area contributed by atoms with Crippen molar-refractivity contribution in [3.8, 4) is 11.5 Å². The molecule has 1 aromatic rings. The molecule has 0 N–H and O–H groups in total. The van der Waals surface area contributed by atoms with Gasteiger partial charge in [0, 0.05) is 17.6 Å². The second-order valence-corrected chi connectivity index (χ2v) is 5.18. The van der Waals surface area contributed by atoms with Gasteiger partial charge >= 0.3 is 0 Å². The van der Waals surface area contributed by atoms with E-state index in [0.29, 0.717) is 21.5 Å². The van der Waals surface area contributed by atoms with Crippen LogP contribution in [-0.2, 0) is 0 Å². The van der Waals surface area contributed by atoms with E-state index in [1.54, 1.807) is 19.2 Å². The zero-order valence-electron chi connectivity index (χ0n) is 11.9. The molecule has 0 amide bonds. The molecule has 1 aromatic carbocycles. The average Bonchev–Trinajstić information content (AvgIpc) is 2.35. The van der Waals surface area contributed by atoms with E-state index >= 15 is 0 Å². The normalized spacial score (nSPS) is 12.6. The fourth-order valence-electron chi connectivity index (χ4n) is 1.92. The molecule has 3 nitrogen and oxygen atoms in total. The SMILES string of the molecule is CCN(CC)CC(C)Oc1cc(Cl)cc(Cl)c1OC. The third-order valence-corrected chi connectivity index (χ3v) is 3.42. The lowest BCUT2D eigenvalue weighted by Gasteiger charge is -2.24. The highest BCUT2D eigenvalue weighted by atomic mass is 35.5. The van der Waals surface area contributed by atoms with Crippen molar-refractivity contribution in [1.82, 2.24) is 4.90 Å². The van der Waals surface area contributed by atoms with Crippen LogP contribution in [0.15, 0.2) is 12.1 Å². The molecule has 1 rings (SSSR count). The maximum Gasteiger partial charge on any atom is 0.179 e. The maximum atomic E-state index is 6.08. The van der Waals surface area contributed by atoms with Gasteiger partial charge in [-0.05, 0) is 26.1 Å². The Balaban J connectivity index is 2.81. The lowest BCUT2D eigenvalue weighted by Crippen LogP contribution is -2.33. The van der Waals surface area contributed by atoms with Gasteiger partial charge in [0.2, 0.25) is 0 Å². The average molecular weight is 306 g/mol. The van der Waals surface area contributed by atoms with Crippen molar-refractivity contribution >= 4 is 23.2 Å². The summed E-state index contributed by atoms with van der Waals surface area (Å²) in [7, 11) is 1.57. The highest BCUT2D eigenvalue weighted by molar-refractivity contribution is 6.35. The summed E-state index contributed by atoms with van der Waals surface area (Å²) in [6, 6.07) is 3.37. The molecule has 19 heavy (non-hydrogen) atoms. The smallest absolute Gasteiger partial charge is 0.179 e. The van der Waals surface area contributed by atoms with Crippen molar-refractivity contribution in [1.29, 1.82) is 0 Å². The predicted molar refractivity (Wildman–Crippen MR) is 80.9 cm³/mol. The molecular weight excluding hydrogens is 285 g/mol. The first-order valence-corrected chi connectivity index (χ1v) is 7.19. The topological polar surface area (TPSA) is 21.7 Å². The molecule has 1 atom stereocenters. The highest BCUT2D eigenvalue weighted by Gasteiger charge is 2.15. The van der Waals surface area contributed by atoms with Gasteiger partial charge in [0.05, 0.1) is 12.1 Å². The molecule has 108 valence electrons. The van der Waals surface area contributed by atoms with Crippen LogP contribution in [0.1, 0.15) is 20.8 Å². The molecule has 0 aliphatic rings. The summed E-state index contributed by atoms with van der Waals surface area (Å²) >= 11 is 12.1. The summed E-state index contributed by atoms with van der Waals surface area (Å²) in [5.74, 6) is 1.11. The minimum atomic E-state index is 0.0309. The number of rotatable bonds is 7. The van der Waals surface area contributed by atoms with Crippen molar-refractivity contribution in [2.45, 2.75) is 26.9 Å². The van der Waals surface area contributed by atoms with Crippen LogP contribution in [-0.4, -0.2) is 37.7 Å². The van der Waals surface area contributed by atoms with E-state index in [1.165, 1.54) is 0 Å². The summed E-state index contributed by atoms with van der Waals surface area (Å²) in [6.07, 6.45) is 0.0309. The number of hydrogen-bond acceptors (Lipinski definition) is 3. The van der Waals surface area contributed by atoms with Gasteiger partial charge < -0.3 is 14.4 Å². The third-order valence-electron chi connectivity index (χ3n) is 2.92. The Bertz CT molecular complexity index is 409. The first-order chi connectivity index (χ1) is 9.01. The zero-order chi connectivity index (χ0) is 14.4. The van der Waals surface area contributed by atoms with E-state index in [-0.39, 0.29) is 6.10 Å². The molecule has 0 spiro atoms. The van der Waals surface area contributed by atoms with Crippen molar-refractivity contribution in [2.24, 2.45) is 0 Å². The standard InChI is InChI=1S/C14H21Cl2NO2/c1-5-17(6-2)9-10(3)19-13-8-11(15)7-12(16)14(13)18-4/h7-8,10H,5-6,9H2,1-4H3. The Hall–Kier alpha value is -0.640. The molecule has 0 aromatic heterocycles. The molecular formula is C14H21Cl2NO2. The molecule has 5 heteroatoms. The van der Waals surface area contributed by atoms with E-state index in [2.05, 4.69) is 18.7 Å². The fraction of sp³-hybridized carbons (Fsp3) is 0.571. The minimum Gasteiger partial charge on any atom is -0.491 e. The Labute approximate surface area is 125 Å².